The third-order valence-corrected chi connectivity index (χ3v) is 3.51. The van der Waals surface area contributed by atoms with Crippen LogP contribution in [0, 0.1) is 0 Å². The molecule has 1 atom stereocenters. The monoisotopic (exact) mass is 234 g/mol. The number of benzene rings is 1. The van der Waals surface area contributed by atoms with Crippen molar-refractivity contribution in [2.24, 2.45) is 0 Å². The number of rotatable bonds is 4. The van der Waals surface area contributed by atoms with Gasteiger partial charge in [-0.1, -0.05) is 30.3 Å². The summed E-state index contributed by atoms with van der Waals surface area (Å²) in [4.78, 5) is 2.47. The van der Waals surface area contributed by atoms with Crippen LogP contribution < -0.4 is 5.32 Å². The van der Waals surface area contributed by atoms with Crippen LogP contribution in [0.25, 0.3) is 0 Å². The first-order valence-corrected chi connectivity index (χ1v) is 6.26. The number of piperazine rings is 1. The molecule has 2 rings (SSSR count). The molecule has 94 valence electrons. The number of methoxy groups -OCH3 is 1. The third-order valence-electron chi connectivity index (χ3n) is 3.51. The van der Waals surface area contributed by atoms with Crippen molar-refractivity contribution in [1.29, 1.82) is 0 Å². The van der Waals surface area contributed by atoms with Crippen LogP contribution in [0.3, 0.4) is 0 Å². The molecule has 0 amide bonds. The maximum atomic E-state index is 5.16. The Morgan fingerprint density at radius 2 is 2.12 bits per heavy atom. The van der Waals surface area contributed by atoms with Gasteiger partial charge in [-0.3, -0.25) is 4.90 Å². The van der Waals surface area contributed by atoms with E-state index in [1.54, 1.807) is 7.11 Å². The van der Waals surface area contributed by atoms with Crippen molar-refractivity contribution in [2.45, 2.75) is 12.5 Å². The van der Waals surface area contributed by atoms with Crippen molar-refractivity contribution in [3.05, 3.63) is 35.9 Å². The molecule has 3 nitrogen and oxygen atoms in total. The van der Waals surface area contributed by atoms with Gasteiger partial charge in [-0.15, -0.1) is 0 Å². The van der Waals surface area contributed by atoms with Crippen molar-refractivity contribution in [3.8, 4) is 0 Å². The summed E-state index contributed by atoms with van der Waals surface area (Å²) in [5.74, 6) is 0. The van der Waals surface area contributed by atoms with Crippen LogP contribution in [0.1, 0.15) is 12.5 Å². The molecule has 1 aliphatic rings. The summed E-state index contributed by atoms with van der Waals surface area (Å²) < 4.78 is 5.16. The summed E-state index contributed by atoms with van der Waals surface area (Å²) >= 11 is 0. The normalized spacial score (nSPS) is 26.0. The van der Waals surface area contributed by atoms with E-state index in [2.05, 4.69) is 47.5 Å². The predicted octanol–water partition coefficient (Wildman–Crippen LogP) is 1.45. The van der Waals surface area contributed by atoms with Gasteiger partial charge in [0.15, 0.2) is 0 Å². The summed E-state index contributed by atoms with van der Waals surface area (Å²) in [6.45, 7) is 7.29. The summed E-state index contributed by atoms with van der Waals surface area (Å²) in [5.41, 5.74) is 1.43. The first kappa shape index (κ1) is 12.6. The number of hydrogen-bond acceptors (Lipinski definition) is 3. The third kappa shape index (κ3) is 3.06. The maximum absolute atomic E-state index is 5.16. The predicted molar refractivity (Wildman–Crippen MR) is 70.1 cm³/mol. The molecule has 1 unspecified atom stereocenters. The Bertz CT molecular complexity index is 341. The van der Waals surface area contributed by atoms with Gasteiger partial charge in [0.25, 0.3) is 0 Å². The van der Waals surface area contributed by atoms with Gasteiger partial charge in [-0.2, -0.15) is 0 Å². The lowest BCUT2D eigenvalue weighted by molar-refractivity contribution is 0.0994. The lowest BCUT2D eigenvalue weighted by Gasteiger charge is -2.41. The molecule has 3 heteroatoms. The molecule has 1 heterocycles. The van der Waals surface area contributed by atoms with E-state index in [9.17, 15) is 0 Å². The van der Waals surface area contributed by atoms with Gasteiger partial charge in [-0.05, 0) is 12.5 Å². The molecular formula is C14H22N2O. The smallest absolute Gasteiger partial charge is 0.0589 e. The van der Waals surface area contributed by atoms with E-state index in [4.69, 9.17) is 4.74 Å². The average molecular weight is 234 g/mol. The van der Waals surface area contributed by atoms with Gasteiger partial charge in [0.1, 0.15) is 0 Å². The Balaban J connectivity index is 2.04. The molecule has 1 N–H and O–H groups in total. The van der Waals surface area contributed by atoms with Crippen molar-refractivity contribution in [3.63, 3.8) is 0 Å². The van der Waals surface area contributed by atoms with E-state index >= 15 is 0 Å². The van der Waals surface area contributed by atoms with Crippen LogP contribution in [0.15, 0.2) is 30.3 Å². The van der Waals surface area contributed by atoms with E-state index in [1.807, 2.05) is 0 Å². The second-order valence-electron chi connectivity index (χ2n) is 4.89. The lowest BCUT2D eigenvalue weighted by atomic mass is 9.90. The number of nitrogens with zero attached hydrogens (tertiary/aromatic N) is 1. The molecule has 0 radical (unpaired) electrons. The average Bonchev–Trinajstić information content (AvgIpc) is 2.38. The Morgan fingerprint density at radius 3 is 2.82 bits per heavy atom. The van der Waals surface area contributed by atoms with E-state index in [1.165, 1.54) is 5.56 Å². The van der Waals surface area contributed by atoms with E-state index in [0.717, 1.165) is 32.8 Å². The van der Waals surface area contributed by atoms with Gasteiger partial charge in [0.05, 0.1) is 12.1 Å². The minimum atomic E-state index is 0.0627. The van der Waals surface area contributed by atoms with Crippen molar-refractivity contribution in [1.82, 2.24) is 10.2 Å². The van der Waals surface area contributed by atoms with E-state index in [0.29, 0.717) is 0 Å². The highest BCUT2D eigenvalue weighted by atomic mass is 16.5. The van der Waals surface area contributed by atoms with E-state index < -0.39 is 0 Å². The molecule has 1 saturated heterocycles. The number of ether oxygens (including phenoxy) is 1. The Morgan fingerprint density at radius 1 is 1.35 bits per heavy atom. The van der Waals surface area contributed by atoms with Crippen LogP contribution in [-0.4, -0.2) is 44.8 Å². The molecule has 0 saturated carbocycles. The second kappa shape index (κ2) is 5.63. The zero-order valence-electron chi connectivity index (χ0n) is 10.8. The van der Waals surface area contributed by atoms with Crippen LogP contribution in [-0.2, 0) is 10.3 Å². The Hall–Kier alpha value is -0.900. The minimum absolute atomic E-state index is 0.0627. The lowest BCUT2D eigenvalue weighted by Crippen LogP contribution is -2.57. The molecular weight excluding hydrogens is 212 g/mol. The van der Waals surface area contributed by atoms with Gasteiger partial charge >= 0.3 is 0 Å². The molecule has 0 spiro atoms. The number of nitrogens with one attached hydrogen (secondary N) is 1. The zero-order valence-corrected chi connectivity index (χ0v) is 10.8. The zero-order chi connectivity index (χ0) is 12.1. The van der Waals surface area contributed by atoms with Crippen LogP contribution >= 0.6 is 0 Å². The van der Waals surface area contributed by atoms with E-state index in [-0.39, 0.29) is 5.54 Å². The van der Waals surface area contributed by atoms with Crippen LogP contribution in [0.2, 0.25) is 0 Å². The highest BCUT2D eigenvalue weighted by molar-refractivity contribution is 5.24. The second-order valence-corrected chi connectivity index (χ2v) is 4.89. The molecule has 1 aromatic rings. The molecule has 1 aliphatic heterocycles. The topological polar surface area (TPSA) is 24.5 Å². The summed E-state index contributed by atoms with van der Waals surface area (Å²) in [6, 6.07) is 10.7. The quantitative estimate of drug-likeness (QED) is 0.853. The van der Waals surface area contributed by atoms with Crippen molar-refractivity contribution in [2.75, 3.05) is 39.9 Å². The van der Waals surface area contributed by atoms with Crippen molar-refractivity contribution >= 4 is 0 Å². The standard InChI is InChI=1S/C14H22N2O/c1-14(13-6-4-3-5-7-13)12-16(9-8-15-14)10-11-17-2/h3-7,15H,8-12H2,1-2H3. The highest BCUT2D eigenvalue weighted by Crippen LogP contribution is 2.23. The molecule has 17 heavy (non-hydrogen) atoms. The van der Waals surface area contributed by atoms with Crippen molar-refractivity contribution < 1.29 is 4.74 Å². The summed E-state index contributed by atoms with van der Waals surface area (Å²) in [5, 5.41) is 3.64. The molecule has 0 bridgehead atoms. The number of hydrogen-bond donors (Lipinski definition) is 1. The maximum Gasteiger partial charge on any atom is 0.0589 e. The fourth-order valence-electron chi connectivity index (χ4n) is 2.48. The molecule has 0 aromatic heterocycles. The largest absolute Gasteiger partial charge is 0.383 e. The fourth-order valence-corrected chi connectivity index (χ4v) is 2.48. The van der Waals surface area contributed by atoms with Gasteiger partial charge in [-0.25, -0.2) is 0 Å². The Kier molecular flexibility index (Phi) is 4.15. The molecule has 1 fully saturated rings. The molecule has 0 aliphatic carbocycles. The summed E-state index contributed by atoms with van der Waals surface area (Å²) in [6.07, 6.45) is 0. The first-order valence-electron chi connectivity index (χ1n) is 6.26. The minimum Gasteiger partial charge on any atom is -0.383 e. The van der Waals surface area contributed by atoms with Crippen LogP contribution in [0.4, 0.5) is 0 Å². The van der Waals surface area contributed by atoms with Crippen LogP contribution in [0.5, 0.6) is 0 Å². The van der Waals surface area contributed by atoms with Gasteiger partial charge in [0, 0.05) is 33.3 Å². The highest BCUT2D eigenvalue weighted by Gasteiger charge is 2.31. The van der Waals surface area contributed by atoms with Gasteiger partial charge < -0.3 is 10.1 Å². The summed E-state index contributed by atoms with van der Waals surface area (Å²) in [7, 11) is 1.76. The van der Waals surface area contributed by atoms with Gasteiger partial charge in [0.2, 0.25) is 0 Å². The SMILES string of the molecule is COCCN1CCNC(C)(c2ccccc2)C1. The fraction of sp³-hybridized carbons (Fsp3) is 0.571. The Labute approximate surface area is 104 Å². The molecule has 1 aromatic carbocycles. The first-order chi connectivity index (χ1) is 8.24.